The first-order chi connectivity index (χ1) is 12.5. The number of anilines is 1. The molecule has 0 saturated carbocycles. The lowest BCUT2D eigenvalue weighted by Gasteiger charge is -2.20. The van der Waals surface area contributed by atoms with Gasteiger partial charge in [0.15, 0.2) is 9.84 Å². The van der Waals surface area contributed by atoms with Crippen LogP contribution in [0.5, 0.6) is 0 Å². The molecule has 2 amide bonds. The highest BCUT2D eigenvalue weighted by Gasteiger charge is 2.19. The maximum absolute atomic E-state index is 12.9. The fourth-order valence-corrected chi connectivity index (χ4v) is 4.43. The third kappa shape index (κ3) is 5.60. The summed E-state index contributed by atoms with van der Waals surface area (Å²) in [6.07, 6.45) is 0.351. The number of hydrogen-bond donors (Lipinski definition) is 2. The van der Waals surface area contributed by atoms with Gasteiger partial charge in [0.1, 0.15) is 0 Å². The summed E-state index contributed by atoms with van der Waals surface area (Å²) in [4.78, 5) is 14.1. The molecule has 0 radical (unpaired) electrons. The molecule has 2 rings (SSSR count). The molecule has 2 aromatic carbocycles. The summed E-state index contributed by atoms with van der Waals surface area (Å²) in [5, 5.41) is 7.12. The van der Waals surface area contributed by atoms with E-state index in [1.165, 1.54) is 0 Å². The van der Waals surface area contributed by atoms with E-state index in [-0.39, 0.29) is 17.3 Å². The summed E-state index contributed by atoms with van der Waals surface area (Å²) >= 11 is 0. The number of nitrogens with zero attached hydrogens (tertiary/aromatic N) is 1. The second-order valence-electron chi connectivity index (χ2n) is 7.83. The summed E-state index contributed by atoms with van der Waals surface area (Å²) in [6, 6.07) is 10.7. The highest BCUT2D eigenvalue weighted by molar-refractivity contribution is 7.91. The number of benzene rings is 2. The molecule has 0 bridgehead atoms. The summed E-state index contributed by atoms with van der Waals surface area (Å²) in [5.41, 5.74) is 0.647. The summed E-state index contributed by atoms with van der Waals surface area (Å²) < 4.78 is 25.7. The van der Waals surface area contributed by atoms with E-state index in [1.54, 1.807) is 12.1 Å². The monoisotopic (exact) mass is 391 g/mol. The van der Waals surface area contributed by atoms with Crippen molar-refractivity contribution < 1.29 is 13.2 Å². The number of carbonyl (C=O) groups excluding carboxylic acids is 1. The molecule has 148 valence electrons. The molecule has 27 heavy (non-hydrogen) atoms. The maximum Gasteiger partial charge on any atom is 0.315 e. The van der Waals surface area contributed by atoms with Crippen molar-refractivity contribution in [1.82, 2.24) is 10.6 Å². The Morgan fingerprint density at radius 3 is 2.30 bits per heavy atom. The second-order valence-corrected chi connectivity index (χ2v) is 9.90. The molecule has 0 unspecified atom stereocenters. The van der Waals surface area contributed by atoms with Gasteiger partial charge in [-0.25, -0.2) is 13.2 Å². The van der Waals surface area contributed by atoms with Crippen LogP contribution in [0, 0.1) is 0 Å². The number of carbonyl (C=O) groups is 1. The Hall–Kier alpha value is -2.28. The Kier molecular flexibility index (Phi) is 6.36. The SMILES string of the molecule is CN(C)c1cccc2c(S(=O)(=O)CCCNC(=O)NC(C)(C)C)cccc12. The van der Waals surface area contributed by atoms with Gasteiger partial charge in [0, 0.05) is 42.6 Å². The Morgan fingerprint density at radius 1 is 1.04 bits per heavy atom. The van der Waals surface area contributed by atoms with Crippen LogP contribution in [-0.2, 0) is 9.84 Å². The van der Waals surface area contributed by atoms with E-state index in [0.29, 0.717) is 17.9 Å². The third-order valence-electron chi connectivity index (χ3n) is 4.04. The minimum absolute atomic E-state index is 0.0197. The molecule has 0 heterocycles. The van der Waals surface area contributed by atoms with Crippen LogP contribution in [0.15, 0.2) is 41.3 Å². The quantitative estimate of drug-likeness (QED) is 0.742. The molecule has 0 atom stereocenters. The van der Waals surface area contributed by atoms with Gasteiger partial charge in [-0.05, 0) is 39.3 Å². The predicted octanol–water partition coefficient (Wildman–Crippen LogP) is 3.17. The number of amides is 2. The van der Waals surface area contributed by atoms with Crippen LogP contribution in [0.2, 0.25) is 0 Å². The Bertz CT molecular complexity index is 916. The number of rotatable bonds is 6. The Balaban J connectivity index is 2.11. The predicted molar refractivity (Wildman–Crippen MR) is 111 cm³/mol. The average Bonchev–Trinajstić information content (AvgIpc) is 2.56. The van der Waals surface area contributed by atoms with Gasteiger partial charge in [0.25, 0.3) is 0 Å². The molecule has 2 N–H and O–H groups in total. The van der Waals surface area contributed by atoms with Gasteiger partial charge in [-0.1, -0.05) is 24.3 Å². The van der Waals surface area contributed by atoms with Crippen LogP contribution in [0.1, 0.15) is 27.2 Å². The molecule has 2 aromatic rings. The van der Waals surface area contributed by atoms with E-state index < -0.39 is 9.84 Å². The highest BCUT2D eigenvalue weighted by atomic mass is 32.2. The fraction of sp³-hybridized carbons (Fsp3) is 0.450. The molecule has 0 aromatic heterocycles. The van der Waals surface area contributed by atoms with E-state index in [9.17, 15) is 13.2 Å². The number of nitrogens with one attached hydrogen (secondary N) is 2. The molecule has 0 spiro atoms. The molecular weight excluding hydrogens is 362 g/mol. The zero-order chi connectivity index (χ0) is 20.2. The standard InChI is InChI=1S/C20H29N3O3S/c1-20(2,3)22-19(24)21-13-8-14-27(25,26)18-12-7-9-15-16(18)10-6-11-17(15)23(4)5/h6-7,9-12H,8,13-14H2,1-5H3,(H2,21,22,24). The minimum Gasteiger partial charge on any atom is -0.377 e. The number of hydrogen-bond acceptors (Lipinski definition) is 4. The van der Waals surface area contributed by atoms with Crippen molar-refractivity contribution in [2.24, 2.45) is 0 Å². The molecule has 7 heteroatoms. The van der Waals surface area contributed by atoms with Crippen LogP contribution in [0.3, 0.4) is 0 Å². The van der Waals surface area contributed by atoms with Gasteiger partial charge < -0.3 is 15.5 Å². The molecule has 0 saturated heterocycles. The van der Waals surface area contributed by atoms with Gasteiger partial charge in [0.2, 0.25) is 0 Å². The van der Waals surface area contributed by atoms with Gasteiger partial charge in [-0.3, -0.25) is 0 Å². The zero-order valence-corrected chi connectivity index (χ0v) is 17.5. The Morgan fingerprint density at radius 2 is 1.67 bits per heavy atom. The van der Waals surface area contributed by atoms with E-state index in [0.717, 1.165) is 16.5 Å². The van der Waals surface area contributed by atoms with E-state index in [2.05, 4.69) is 10.6 Å². The van der Waals surface area contributed by atoms with E-state index in [1.807, 2.05) is 64.0 Å². The van der Waals surface area contributed by atoms with Crippen molar-refractivity contribution in [2.45, 2.75) is 37.6 Å². The molecule has 0 fully saturated rings. The summed E-state index contributed by atoms with van der Waals surface area (Å²) in [7, 11) is 0.417. The van der Waals surface area contributed by atoms with Crippen molar-refractivity contribution in [1.29, 1.82) is 0 Å². The molecule has 0 aliphatic carbocycles. The molecular formula is C20H29N3O3S. The van der Waals surface area contributed by atoms with Gasteiger partial charge >= 0.3 is 6.03 Å². The van der Waals surface area contributed by atoms with Crippen LogP contribution in [0.25, 0.3) is 10.8 Å². The lowest BCUT2D eigenvalue weighted by molar-refractivity contribution is 0.232. The first-order valence-corrected chi connectivity index (χ1v) is 10.6. The van der Waals surface area contributed by atoms with E-state index >= 15 is 0 Å². The Labute approximate surface area is 161 Å². The zero-order valence-electron chi connectivity index (χ0n) is 16.7. The second kappa shape index (κ2) is 8.17. The van der Waals surface area contributed by atoms with Crippen molar-refractivity contribution in [2.75, 3.05) is 31.3 Å². The molecule has 0 aliphatic rings. The van der Waals surface area contributed by atoms with Gasteiger partial charge in [-0.2, -0.15) is 0 Å². The first kappa shape index (κ1) is 21.0. The highest BCUT2D eigenvalue weighted by Crippen LogP contribution is 2.30. The van der Waals surface area contributed by atoms with Crippen LogP contribution in [0.4, 0.5) is 10.5 Å². The lowest BCUT2D eigenvalue weighted by atomic mass is 10.1. The molecule has 6 nitrogen and oxygen atoms in total. The summed E-state index contributed by atoms with van der Waals surface area (Å²) in [6.45, 7) is 5.97. The fourth-order valence-electron chi connectivity index (χ4n) is 2.88. The van der Waals surface area contributed by atoms with Gasteiger partial charge in [-0.15, -0.1) is 0 Å². The van der Waals surface area contributed by atoms with Crippen molar-refractivity contribution >= 4 is 32.3 Å². The van der Waals surface area contributed by atoms with Crippen LogP contribution in [-0.4, -0.2) is 46.4 Å². The van der Waals surface area contributed by atoms with E-state index in [4.69, 9.17) is 0 Å². The van der Waals surface area contributed by atoms with Crippen LogP contribution < -0.4 is 15.5 Å². The normalized spacial score (nSPS) is 12.0. The van der Waals surface area contributed by atoms with Crippen molar-refractivity contribution in [3.8, 4) is 0 Å². The topological polar surface area (TPSA) is 78.5 Å². The van der Waals surface area contributed by atoms with Gasteiger partial charge in [0.05, 0.1) is 10.6 Å². The maximum atomic E-state index is 12.9. The number of sulfone groups is 1. The lowest BCUT2D eigenvalue weighted by Crippen LogP contribution is -2.46. The minimum atomic E-state index is -3.45. The number of fused-ring (bicyclic) bond motifs is 1. The third-order valence-corrected chi connectivity index (χ3v) is 5.89. The smallest absolute Gasteiger partial charge is 0.315 e. The average molecular weight is 392 g/mol. The molecule has 0 aliphatic heterocycles. The number of urea groups is 1. The first-order valence-electron chi connectivity index (χ1n) is 8.99. The largest absolute Gasteiger partial charge is 0.377 e. The van der Waals surface area contributed by atoms with Crippen molar-refractivity contribution in [3.63, 3.8) is 0 Å². The van der Waals surface area contributed by atoms with Crippen molar-refractivity contribution in [3.05, 3.63) is 36.4 Å². The summed E-state index contributed by atoms with van der Waals surface area (Å²) in [5.74, 6) is -0.0197. The van der Waals surface area contributed by atoms with Crippen LogP contribution >= 0.6 is 0 Å².